The van der Waals surface area contributed by atoms with Crippen molar-refractivity contribution in [1.29, 1.82) is 0 Å². The topological polar surface area (TPSA) is 43.4 Å². The van der Waals surface area contributed by atoms with E-state index in [2.05, 4.69) is 45.0 Å². The van der Waals surface area contributed by atoms with E-state index in [0.717, 1.165) is 5.56 Å². The number of thioether (sulfide) groups is 1. The third-order valence-corrected chi connectivity index (χ3v) is 5.62. The second-order valence-corrected chi connectivity index (χ2v) is 8.82. The van der Waals surface area contributed by atoms with Crippen LogP contribution < -0.4 is 0 Å². The van der Waals surface area contributed by atoms with Crippen LogP contribution in [0, 0.1) is 5.82 Å². The number of carbonyl (C=O) groups excluding carboxylic acids is 2. The van der Waals surface area contributed by atoms with Gasteiger partial charge >= 0.3 is 5.97 Å². The largest absolute Gasteiger partial charge is 0.465 e. The van der Waals surface area contributed by atoms with E-state index < -0.39 is 17.0 Å². The normalized spacial score (nSPS) is 12.5. The van der Waals surface area contributed by atoms with Gasteiger partial charge in [0.2, 0.25) is 0 Å². The number of ether oxygens (including phenoxy) is 1. The average molecular weight is 403 g/mol. The molecule has 0 spiro atoms. The zero-order valence-corrected chi connectivity index (χ0v) is 17.6. The van der Waals surface area contributed by atoms with Gasteiger partial charge in [-0.2, -0.15) is 0 Å². The van der Waals surface area contributed by atoms with E-state index >= 15 is 0 Å². The summed E-state index contributed by atoms with van der Waals surface area (Å²) in [6.45, 7) is 8.49. The van der Waals surface area contributed by atoms with Crippen molar-refractivity contribution in [3.8, 4) is 0 Å². The fraction of sp³-hybridized carbons (Fsp3) is 0.391. The Morgan fingerprint density at radius 3 is 2.18 bits per heavy atom. The number of benzene rings is 2. The highest BCUT2D eigenvalue weighted by molar-refractivity contribution is 7.99. The Labute approximate surface area is 170 Å². The number of carbonyl (C=O) groups is 2. The first-order chi connectivity index (χ1) is 13.2. The Bertz CT molecular complexity index is 792. The molecule has 0 aromatic heterocycles. The van der Waals surface area contributed by atoms with Gasteiger partial charge in [-0.25, -0.2) is 4.39 Å². The molecule has 0 unspecified atom stereocenters. The molecular weight excluding hydrogens is 375 g/mol. The summed E-state index contributed by atoms with van der Waals surface area (Å²) < 4.78 is 18.2. The lowest BCUT2D eigenvalue weighted by Crippen LogP contribution is -2.24. The zero-order valence-electron chi connectivity index (χ0n) is 16.8. The molecule has 2 aromatic rings. The highest BCUT2D eigenvalue weighted by Gasteiger charge is 2.24. The fourth-order valence-corrected chi connectivity index (χ4v) is 3.72. The minimum absolute atomic E-state index is 0.0230. The molecule has 0 heterocycles. The summed E-state index contributed by atoms with van der Waals surface area (Å²) in [6, 6.07) is 13.7. The van der Waals surface area contributed by atoms with Crippen molar-refractivity contribution in [2.75, 3.05) is 6.61 Å². The molecule has 1 atom stereocenters. The predicted octanol–water partition coefficient (Wildman–Crippen LogP) is 5.56. The van der Waals surface area contributed by atoms with Gasteiger partial charge < -0.3 is 4.74 Å². The van der Waals surface area contributed by atoms with Crippen LogP contribution in [0.3, 0.4) is 0 Å². The molecule has 3 nitrogen and oxygen atoms in total. The first-order valence-electron chi connectivity index (χ1n) is 9.37. The average Bonchev–Trinajstić information content (AvgIpc) is 2.65. The molecule has 0 bridgehead atoms. The first-order valence-corrected chi connectivity index (χ1v) is 10.4. The molecule has 0 aliphatic rings. The van der Waals surface area contributed by atoms with Crippen LogP contribution in [-0.2, 0) is 20.7 Å². The highest BCUT2D eigenvalue weighted by atomic mass is 32.2. The van der Waals surface area contributed by atoms with Crippen molar-refractivity contribution >= 4 is 23.5 Å². The Morgan fingerprint density at radius 2 is 1.64 bits per heavy atom. The van der Waals surface area contributed by atoms with E-state index in [9.17, 15) is 14.0 Å². The summed E-state index contributed by atoms with van der Waals surface area (Å²) in [5.74, 6) is -0.389. The predicted molar refractivity (Wildman–Crippen MR) is 112 cm³/mol. The van der Waals surface area contributed by atoms with Crippen LogP contribution in [0.15, 0.2) is 48.5 Å². The van der Waals surface area contributed by atoms with Crippen molar-refractivity contribution in [2.24, 2.45) is 0 Å². The standard InChI is InChI=1S/C23H27FO3S/c1-5-27-22(26)21(14-20(25)17-8-12-19(24)13-9-17)28-15-16-6-10-18(11-7-16)23(2,3)4/h6-13,21H,5,14-15H2,1-4H3/t21-/m0/s1. The van der Waals surface area contributed by atoms with E-state index in [-0.39, 0.29) is 24.2 Å². The summed E-state index contributed by atoms with van der Waals surface area (Å²) in [5.41, 5.74) is 2.81. The van der Waals surface area contributed by atoms with Crippen molar-refractivity contribution in [3.05, 3.63) is 71.0 Å². The molecule has 0 N–H and O–H groups in total. The van der Waals surface area contributed by atoms with E-state index in [0.29, 0.717) is 11.3 Å². The fourth-order valence-electron chi connectivity index (χ4n) is 2.67. The highest BCUT2D eigenvalue weighted by Crippen LogP contribution is 2.26. The molecule has 0 amide bonds. The summed E-state index contributed by atoms with van der Waals surface area (Å²) in [6.07, 6.45) is 0.0230. The van der Waals surface area contributed by atoms with Crippen LogP contribution in [0.2, 0.25) is 0 Å². The van der Waals surface area contributed by atoms with Crippen LogP contribution >= 0.6 is 11.8 Å². The molecule has 2 rings (SSSR count). The van der Waals surface area contributed by atoms with Gasteiger partial charge in [0.1, 0.15) is 11.1 Å². The molecule has 28 heavy (non-hydrogen) atoms. The summed E-state index contributed by atoms with van der Waals surface area (Å²) in [5, 5.41) is -0.597. The Hall–Kier alpha value is -2.14. The summed E-state index contributed by atoms with van der Waals surface area (Å²) in [7, 11) is 0. The number of Topliss-reactive ketones (excluding diaryl/α,β-unsaturated/α-hetero) is 1. The van der Waals surface area contributed by atoms with Crippen LogP contribution in [0.5, 0.6) is 0 Å². The molecular formula is C23H27FO3S. The molecule has 0 radical (unpaired) electrons. The first kappa shape index (κ1) is 22.2. The maximum atomic E-state index is 13.1. The van der Waals surface area contributed by atoms with Gasteiger partial charge in [-0.3, -0.25) is 9.59 Å². The Morgan fingerprint density at radius 1 is 1.04 bits per heavy atom. The molecule has 0 saturated heterocycles. The minimum Gasteiger partial charge on any atom is -0.465 e. The quantitative estimate of drug-likeness (QED) is 0.428. The summed E-state index contributed by atoms with van der Waals surface area (Å²) >= 11 is 1.39. The molecule has 2 aromatic carbocycles. The Balaban J connectivity index is 2.05. The third-order valence-electron chi connectivity index (χ3n) is 4.36. The van der Waals surface area contributed by atoms with Gasteiger partial charge in [0.05, 0.1) is 6.61 Å². The maximum absolute atomic E-state index is 13.1. The second kappa shape index (κ2) is 9.87. The Kier molecular flexibility index (Phi) is 7.81. The zero-order chi connectivity index (χ0) is 20.7. The molecule has 5 heteroatoms. The number of ketones is 1. The van der Waals surface area contributed by atoms with Crippen LogP contribution in [-0.4, -0.2) is 23.6 Å². The van der Waals surface area contributed by atoms with E-state index in [4.69, 9.17) is 4.74 Å². The number of esters is 1. The monoisotopic (exact) mass is 402 g/mol. The molecule has 0 aliphatic heterocycles. The molecule has 0 saturated carbocycles. The van der Waals surface area contributed by atoms with Gasteiger partial charge in [0.25, 0.3) is 0 Å². The van der Waals surface area contributed by atoms with Gasteiger partial charge in [0.15, 0.2) is 5.78 Å². The van der Waals surface area contributed by atoms with Gasteiger partial charge in [0, 0.05) is 17.7 Å². The minimum atomic E-state index is -0.597. The van der Waals surface area contributed by atoms with Gasteiger partial charge in [-0.15, -0.1) is 11.8 Å². The maximum Gasteiger partial charge on any atom is 0.319 e. The van der Waals surface area contributed by atoms with Gasteiger partial charge in [-0.1, -0.05) is 45.0 Å². The number of halogens is 1. The lowest BCUT2D eigenvalue weighted by molar-refractivity contribution is -0.142. The molecule has 0 aliphatic carbocycles. The summed E-state index contributed by atoms with van der Waals surface area (Å²) in [4.78, 5) is 24.8. The van der Waals surface area contributed by atoms with E-state index in [1.54, 1.807) is 6.92 Å². The van der Waals surface area contributed by atoms with Crippen molar-refractivity contribution in [1.82, 2.24) is 0 Å². The van der Waals surface area contributed by atoms with Gasteiger partial charge in [-0.05, 0) is 47.7 Å². The molecule has 0 fully saturated rings. The van der Waals surface area contributed by atoms with Crippen molar-refractivity contribution in [3.63, 3.8) is 0 Å². The number of hydrogen-bond donors (Lipinski definition) is 0. The van der Waals surface area contributed by atoms with Crippen molar-refractivity contribution in [2.45, 2.75) is 50.5 Å². The van der Waals surface area contributed by atoms with Crippen LogP contribution in [0.25, 0.3) is 0 Å². The smallest absolute Gasteiger partial charge is 0.319 e. The van der Waals surface area contributed by atoms with Crippen molar-refractivity contribution < 1.29 is 18.7 Å². The number of hydrogen-bond acceptors (Lipinski definition) is 4. The van der Waals surface area contributed by atoms with E-state index in [1.165, 1.54) is 41.6 Å². The molecule has 150 valence electrons. The lowest BCUT2D eigenvalue weighted by Gasteiger charge is -2.19. The van der Waals surface area contributed by atoms with Crippen LogP contribution in [0.4, 0.5) is 4.39 Å². The van der Waals surface area contributed by atoms with E-state index in [1.807, 2.05) is 0 Å². The van der Waals surface area contributed by atoms with Crippen LogP contribution in [0.1, 0.15) is 55.6 Å². The number of rotatable bonds is 8. The second-order valence-electron chi connectivity index (χ2n) is 7.63. The SMILES string of the molecule is CCOC(=O)[C@H](CC(=O)c1ccc(F)cc1)SCc1ccc(C(C)(C)C)cc1. The third kappa shape index (κ3) is 6.48. The lowest BCUT2D eigenvalue weighted by atomic mass is 9.87.